The maximum absolute atomic E-state index is 13.5. The van der Waals surface area contributed by atoms with Crippen molar-refractivity contribution in [1.82, 2.24) is 5.32 Å². The topological polar surface area (TPSA) is 55.1 Å². The predicted octanol–water partition coefficient (Wildman–Crippen LogP) is 2.52. The molecule has 1 rings (SSSR count). The Balaban J connectivity index is 2.66. The van der Waals surface area contributed by atoms with Crippen molar-refractivity contribution in [3.05, 3.63) is 35.4 Å². The number of rotatable bonds is 6. The van der Waals surface area contributed by atoms with E-state index >= 15 is 0 Å². The highest BCUT2D eigenvalue weighted by molar-refractivity contribution is 5.78. The summed E-state index contributed by atoms with van der Waals surface area (Å²) in [7, 11) is 0. The molecule has 1 aromatic carbocycles. The third kappa shape index (κ3) is 4.59. The molecule has 0 saturated carbocycles. The lowest BCUT2D eigenvalue weighted by atomic mass is 10.0. The van der Waals surface area contributed by atoms with Crippen LogP contribution in [0.4, 0.5) is 8.78 Å². The average Bonchev–Trinajstić information content (AvgIpc) is 2.38. The van der Waals surface area contributed by atoms with Gasteiger partial charge in [-0.05, 0) is 44.5 Å². The number of nitrogens with one attached hydrogen (secondary N) is 1. The van der Waals surface area contributed by atoms with Crippen LogP contribution in [0.1, 0.15) is 38.3 Å². The van der Waals surface area contributed by atoms with Crippen LogP contribution >= 0.6 is 0 Å². The molecule has 0 aliphatic rings. The van der Waals surface area contributed by atoms with Crippen molar-refractivity contribution in [2.45, 2.75) is 32.7 Å². The molecule has 3 N–H and O–H groups in total. The van der Waals surface area contributed by atoms with Crippen LogP contribution in [0.25, 0.3) is 0 Å². The first kappa shape index (κ1) is 15.6. The van der Waals surface area contributed by atoms with Gasteiger partial charge in [0.1, 0.15) is 11.6 Å². The number of carbonyl (C=O) groups excluding carboxylic acids is 1. The van der Waals surface area contributed by atoms with Gasteiger partial charge in [0.2, 0.25) is 5.91 Å². The van der Waals surface area contributed by atoms with Gasteiger partial charge in [0.05, 0.1) is 6.04 Å². The number of halogens is 2. The van der Waals surface area contributed by atoms with Crippen molar-refractivity contribution in [3.63, 3.8) is 0 Å². The van der Waals surface area contributed by atoms with Gasteiger partial charge < -0.3 is 11.1 Å². The first-order chi connectivity index (χ1) is 8.95. The molecule has 19 heavy (non-hydrogen) atoms. The minimum Gasteiger partial charge on any atom is -0.349 e. The Labute approximate surface area is 112 Å². The molecule has 3 nitrogen and oxygen atoms in total. The van der Waals surface area contributed by atoms with Crippen molar-refractivity contribution in [1.29, 1.82) is 0 Å². The smallest absolute Gasteiger partial charge is 0.223 e. The van der Waals surface area contributed by atoms with E-state index in [2.05, 4.69) is 5.32 Å². The van der Waals surface area contributed by atoms with E-state index in [9.17, 15) is 13.6 Å². The van der Waals surface area contributed by atoms with E-state index in [0.717, 1.165) is 24.6 Å². The monoisotopic (exact) mass is 270 g/mol. The summed E-state index contributed by atoms with van der Waals surface area (Å²) >= 11 is 0. The van der Waals surface area contributed by atoms with Gasteiger partial charge in [-0.25, -0.2) is 8.78 Å². The molecular formula is C14H20F2N2O. The molecular weight excluding hydrogens is 250 g/mol. The van der Waals surface area contributed by atoms with Crippen molar-refractivity contribution in [2.75, 3.05) is 6.54 Å². The molecule has 106 valence electrons. The van der Waals surface area contributed by atoms with E-state index in [0.29, 0.717) is 13.0 Å². The molecule has 0 spiro atoms. The Kier molecular flexibility index (Phi) is 5.89. The summed E-state index contributed by atoms with van der Waals surface area (Å²) in [6, 6.07) is 2.65. The second-order valence-electron chi connectivity index (χ2n) is 4.73. The van der Waals surface area contributed by atoms with Crippen LogP contribution in [0.15, 0.2) is 18.2 Å². The Morgan fingerprint density at radius 1 is 1.37 bits per heavy atom. The molecule has 0 radical (unpaired) electrons. The Bertz CT molecular complexity index is 437. The number of amides is 1. The molecule has 5 heteroatoms. The quantitative estimate of drug-likeness (QED) is 0.834. The molecule has 0 aromatic heterocycles. The van der Waals surface area contributed by atoms with E-state index in [1.165, 1.54) is 0 Å². The van der Waals surface area contributed by atoms with Gasteiger partial charge >= 0.3 is 0 Å². The predicted molar refractivity (Wildman–Crippen MR) is 70.4 cm³/mol. The highest BCUT2D eigenvalue weighted by Gasteiger charge is 2.18. The molecule has 0 fully saturated rings. The summed E-state index contributed by atoms with van der Waals surface area (Å²) < 4.78 is 26.6. The molecule has 1 amide bonds. The summed E-state index contributed by atoms with van der Waals surface area (Å²) in [5, 5.41) is 2.69. The number of benzene rings is 1. The summed E-state index contributed by atoms with van der Waals surface area (Å²) in [5.41, 5.74) is 5.54. The molecule has 0 saturated heterocycles. The fourth-order valence-electron chi connectivity index (χ4n) is 1.83. The van der Waals surface area contributed by atoms with Crippen LogP contribution in [-0.2, 0) is 4.79 Å². The van der Waals surface area contributed by atoms with Gasteiger partial charge in [0.15, 0.2) is 0 Å². The van der Waals surface area contributed by atoms with Crippen LogP contribution in [0.5, 0.6) is 0 Å². The maximum atomic E-state index is 13.5. The van der Waals surface area contributed by atoms with E-state index < -0.39 is 17.7 Å². The summed E-state index contributed by atoms with van der Waals surface area (Å²) in [4.78, 5) is 11.9. The number of hydrogen-bond acceptors (Lipinski definition) is 2. The lowest BCUT2D eigenvalue weighted by Crippen LogP contribution is -2.32. The van der Waals surface area contributed by atoms with Crippen LogP contribution in [-0.4, -0.2) is 12.5 Å². The first-order valence-electron chi connectivity index (χ1n) is 6.41. The zero-order chi connectivity index (χ0) is 14.4. The number of hydrogen-bond donors (Lipinski definition) is 2. The van der Waals surface area contributed by atoms with Crippen LogP contribution < -0.4 is 11.1 Å². The van der Waals surface area contributed by atoms with Gasteiger partial charge in [0.25, 0.3) is 0 Å². The van der Waals surface area contributed by atoms with Gasteiger partial charge in [-0.2, -0.15) is 0 Å². The molecule has 0 heterocycles. The fourth-order valence-corrected chi connectivity index (χ4v) is 1.83. The van der Waals surface area contributed by atoms with Gasteiger partial charge in [-0.15, -0.1) is 0 Å². The molecule has 2 unspecified atom stereocenters. The van der Waals surface area contributed by atoms with Crippen molar-refractivity contribution < 1.29 is 13.6 Å². The third-order valence-corrected chi connectivity index (χ3v) is 3.07. The van der Waals surface area contributed by atoms with Crippen molar-refractivity contribution in [3.8, 4) is 0 Å². The maximum Gasteiger partial charge on any atom is 0.223 e. The SMILES string of the molecule is CC(CCCN)C(=O)NC(C)c1cc(F)ccc1F. The Hall–Kier alpha value is -1.49. The molecule has 0 aliphatic heterocycles. The van der Waals surface area contributed by atoms with E-state index in [4.69, 9.17) is 5.73 Å². The lowest BCUT2D eigenvalue weighted by molar-refractivity contribution is -0.125. The average molecular weight is 270 g/mol. The fraction of sp³-hybridized carbons (Fsp3) is 0.500. The van der Waals surface area contributed by atoms with E-state index in [1.807, 2.05) is 0 Å². The molecule has 0 bridgehead atoms. The summed E-state index contributed by atoms with van der Waals surface area (Å²) in [5.74, 6) is -1.41. The van der Waals surface area contributed by atoms with Crippen LogP contribution in [0.3, 0.4) is 0 Å². The Morgan fingerprint density at radius 2 is 2.05 bits per heavy atom. The largest absolute Gasteiger partial charge is 0.349 e. The Morgan fingerprint density at radius 3 is 2.68 bits per heavy atom. The zero-order valence-corrected chi connectivity index (χ0v) is 11.2. The highest BCUT2D eigenvalue weighted by Crippen LogP contribution is 2.18. The normalized spacial score (nSPS) is 13.9. The highest BCUT2D eigenvalue weighted by atomic mass is 19.1. The standard InChI is InChI=1S/C14H20F2N2O/c1-9(4-3-7-17)14(19)18-10(2)12-8-11(15)5-6-13(12)16/h5-6,8-10H,3-4,7,17H2,1-2H3,(H,18,19). The second-order valence-corrected chi connectivity index (χ2v) is 4.73. The second kappa shape index (κ2) is 7.19. The number of nitrogens with two attached hydrogens (primary N) is 1. The zero-order valence-electron chi connectivity index (χ0n) is 11.2. The van der Waals surface area contributed by atoms with Gasteiger partial charge in [-0.1, -0.05) is 6.92 Å². The van der Waals surface area contributed by atoms with E-state index in [1.54, 1.807) is 13.8 Å². The minimum absolute atomic E-state index is 0.152. The summed E-state index contributed by atoms with van der Waals surface area (Å²) in [6.07, 6.45) is 1.44. The minimum atomic E-state index is -0.566. The van der Waals surface area contributed by atoms with E-state index in [-0.39, 0.29) is 17.4 Å². The molecule has 1 aromatic rings. The van der Waals surface area contributed by atoms with Crippen molar-refractivity contribution >= 4 is 5.91 Å². The molecule has 2 atom stereocenters. The number of carbonyl (C=O) groups is 1. The molecule has 0 aliphatic carbocycles. The third-order valence-electron chi connectivity index (χ3n) is 3.07. The van der Waals surface area contributed by atoms with Gasteiger partial charge in [0, 0.05) is 11.5 Å². The first-order valence-corrected chi connectivity index (χ1v) is 6.41. The van der Waals surface area contributed by atoms with Crippen LogP contribution in [0, 0.1) is 17.6 Å². The lowest BCUT2D eigenvalue weighted by Gasteiger charge is -2.18. The van der Waals surface area contributed by atoms with Crippen LogP contribution in [0.2, 0.25) is 0 Å². The van der Waals surface area contributed by atoms with Gasteiger partial charge in [-0.3, -0.25) is 4.79 Å². The summed E-state index contributed by atoms with van der Waals surface area (Å²) in [6.45, 7) is 3.96. The van der Waals surface area contributed by atoms with Crippen molar-refractivity contribution in [2.24, 2.45) is 11.7 Å².